The van der Waals surface area contributed by atoms with E-state index < -0.39 is 0 Å². The van der Waals surface area contributed by atoms with Gasteiger partial charge in [0.05, 0.1) is 13.0 Å². The number of fused-ring (bicyclic) bond motifs is 1. The van der Waals surface area contributed by atoms with E-state index in [1.165, 1.54) is 0 Å². The van der Waals surface area contributed by atoms with Crippen LogP contribution in [0.3, 0.4) is 0 Å². The van der Waals surface area contributed by atoms with Gasteiger partial charge in [-0.05, 0) is 23.8 Å². The summed E-state index contributed by atoms with van der Waals surface area (Å²) in [6, 6.07) is 5.16. The first kappa shape index (κ1) is 12.3. The zero-order valence-electron chi connectivity index (χ0n) is 10.9. The molecule has 20 heavy (non-hydrogen) atoms. The second-order valence-corrected chi connectivity index (χ2v) is 4.61. The topological polar surface area (TPSA) is 88.9 Å². The van der Waals surface area contributed by atoms with Crippen molar-refractivity contribution in [3.8, 4) is 0 Å². The molecule has 0 atom stereocenters. The summed E-state index contributed by atoms with van der Waals surface area (Å²) in [4.78, 5) is 27.3. The molecule has 1 aromatic carbocycles. The summed E-state index contributed by atoms with van der Waals surface area (Å²) in [5.74, 6) is 0.300. The van der Waals surface area contributed by atoms with Crippen molar-refractivity contribution in [2.45, 2.75) is 13.0 Å². The molecule has 0 bridgehead atoms. The fourth-order valence-electron chi connectivity index (χ4n) is 2.10. The quantitative estimate of drug-likeness (QED) is 0.837. The second kappa shape index (κ2) is 4.76. The van der Waals surface area contributed by atoms with Gasteiger partial charge in [0.1, 0.15) is 6.33 Å². The Hall–Kier alpha value is -2.70. The van der Waals surface area contributed by atoms with E-state index in [4.69, 9.17) is 0 Å². The van der Waals surface area contributed by atoms with Gasteiger partial charge in [-0.15, -0.1) is 0 Å². The van der Waals surface area contributed by atoms with Crippen molar-refractivity contribution < 1.29 is 9.59 Å². The van der Waals surface area contributed by atoms with E-state index in [-0.39, 0.29) is 18.4 Å². The molecule has 1 aromatic heterocycles. The van der Waals surface area contributed by atoms with Crippen molar-refractivity contribution in [2.24, 2.45) is 7.05 Å². The highest BCUT2D eigenvalue weighted by Crippen LogP contribution is 2.23. The van der Waals surface area contributed by atoms with E-state index in [2.05, 4.69) is 20.7 Å². The molecule has 0 saturated carbocycles. The van der Waals surface area contributed by atoms with Crippen LogP contribution in [0.15, 0.2) is 24.5 Å². The van der Waals surface area contributed by atoms with Crippen molar-refractivity contribution in [1.82, 2.24) is 20.1 Å². The van der Waals surface area contributed by atoms with Crippen LogP contribution >= 0.6 is 0 Å². The number of aromatic nitrogens is 3. The predicted molar refractivity (Wildman–Crippen MR) is 70.9 cm³/mol. The average molecular weight is 271 g/mol. The maximum Gasteiger partial charge on any atom is 0.251 e. The average Bonchev–Trinajstić information content (AvgIpc) is 2.99. The summed E-state index contributed by atoms with van der Waals surface area (Å²) >= 11 is 0. The standard InChI is InChI=1S/C13H13N5O2/c1-18-7-15-11(17-18)6-14-13(20)8-2-3-10-9(4-8)5-12(19)16-10/h2-4,7H,5-6H2,1H3,(H,14,20)(H,16,19). The Morgan fingerprint density at radius 2 is 2.35 bits per heavy atom. The summed E-state index contributed by atoms with van der Waals surface area (Å²) in [6.45, 7) is 0.272. The third-order valence-electron chi connectivity index (χ3n) is 3.05. The van der Waals surface area contributed by atoms with Crippen molar-refractivity contribution in [3.63, 3.8) is 0 Å². The summed E-state index contributed by atoms with van der Waals surface area (Å²) in [7, 11) is 1.77. The molecule has 2 heterocycles. The number of carbonyl (C=O) groups is 2. The van der Waals surface area contributed by atoms with Gasteiger partial charge in [0.2, 0.25) is 5.91 Å². The highest BCUT2D eigenvalue weighted by Gasteiger charge is 2.19. The number of benzene rings is 1. The zero-order chi connectivity index (χ0) is 14.1. The van der Waals surface area contributed by atoms with Crippen molar-refractivity contribution in [3.05, 3.63) is 41.5 Å². The lowest BCUT2D eigenvalue weighted by Gasteiger charge is -2.05. The summed E-state index contributed by atoms with van der Waals surface area (Å²) in [5.41, 5.74) is 2.15. The van der Waals surface area contributed by atoms with Crippen LogP contribution in [0.5, 0.6) is 0 Å². The zero-order valence-corrected chi connectivity index (χ0v) is 10.9. The normalized spacial score (nSPS) is 12.9. The fourth-order valence-corrected chi connectivity index (χ4v) is 2.10. The molecule has 0 fully saturated rings. The number of nitrogens with one attached hydrogen (secondary N) is 2. The number of rotatable bonds is 3. The minimum Gasteiger partial charge on any atom is -0.345 e. The lowest BCUT2D eigenvalue weighted by molar-refractivity contribution is -0.115. The van der Waals surface area contributed by atoms with Crippen LogP contribution in [0.1, 0.15) is 21.7 Å². The summed E-state index contributed by atoms with van der Waals surface area (Å²) in [6.07, 6.45) is 1.90. The van der Waals surface area contributed by atoms with E-state index >= 15 is 0 Å². The fraction of sp³-hybridized carbons (Fsp3) is 0.231. The SMILES string of the molecule is Cn1cnc(CNC(=O)c2ccc3c(c2)CC(=O)N3)n1. The monoisotopic (exact) mass is 271 g/mol. The van der Waals surface area contributed by atoms with E-state index in [1.54, 1.807) is 36.3 Å². The molecule has 7 nitrogen and oxygen atoms in total. The van der Waals surface area contributed by atoms with Crippen LogP contribution < -0.4 is 10.6 Å². The Kier molecular flexibility index (Phi) is 2.94. The molecule has 2 N–H and O–H groups in total. The minimum absolute atomic E-state index is 0.0461. The third kappa shape index (κ3) is 2.37. The van der Waals surface area contributed by atoms with E-state index in [1.807, 2.05) is 0 Å². The Morgan fingerprint density at radius 1 is 1.50 bits per heavy atom. The number of amides is 2. The molecule has 2 amide bonds. The van der Waals surface area contributed by atoms with E-state index in [0.29, 0.717) is 17.8 Å². The van der Waals surface area contributed by atoms with Gasteiger partial charge in [0.25, 0.3) is 5.91 Å². The van der Waals surface area contributed by atoms with E-state index in [0.717, 1.165) is 11.3 Å². The van der Waals surface area contributed by atoms with Gasteiger partial charge in [-0.1, -0.05) is 0 Å². The first-order valence-corrected chi connectivity index (χ1v) is 6.17. The summed E-state index contributed by atoms with van der Waals surface area (Å²) < 4.78 is 1.58. The second-order valence-electron chi connectivity index (χ2n) is 4.61. The van der Waals surface area contributed by atoms with Gasteiger partial charge in [-0.2, -0.15) is 5.10 Å². The molecule has 7 heteroatoms. The van der Waals surface area contributed by atoms with Crippen LogP contribution in [0.25, 0.3) is 0 Å². The molecule has 0 radical (unpaired) electrons. The maximum atomic E-state index is 12.0. The predicted octanol–water partition coefficient (Wildman–Crippen LogP) is 0.240. The Balaban J connectivity index is 1.69. The number of anilines is 1. The van der Waals surface area contributed by atoms with Crippen LogP contribution in [0.4, 0.5) is 5.69 Å². The molecule has 0 spiro atoms. The highest BCUT2D eigenvalue weighted by molar-refractivity contribution is 6.01. The molecular weight excluding hydrogens is 258 g/mol. The first-order valence-electron chi connectivity index (χ1n) is 6.17. The molecule has 0 saturated heterocycles. The minimum atomic E-state index is -0.209. The summed E-state index contributed by atoms with van der Waals surface area (Å²) in [5, 5.41) is 9.56. The largest absolute Gasteiger partial charge is 0.345 e. The third-order valence-corrected chi connectivity index (χ3v) is 3.05. The Labute approximate surface area is 115 Å². The van der Waals surface area contributed by atoms with Gasteiger partial charge in [-0.25, -0.2) is 4.98 Å². The van der Waals surface area contributed by atoms with E-state index in [9.17, 15) is 9.59 Å². The van der Waals surface area contributed by atoms with Crippen molar-refractivity contribution in [2.75, 3.05) is 5.32 Å². The molecular formula is C13H13N5O2. The van der Waals surface area contributed by atoms with Crippen molar-refractivity contribution >= 4 is 17.5 Å². The number of hydrogen-bond donors (Lipinski definition) is 2. The number of aryl methyl sites for hydroxylation is 1. The smallest absolute Gasteiger partial charge is 0.251 e. The van der Waals surface area contributed by atoms with Crippen LogP contribution in [0.2, 0.25) is 0 Å². The number of nitrogens with zero attached hydrogens (tertiary/aromatic N) is 3. The molecule has 2 aromatic rings. The lowest BCUT2D eigenvalue weighted by Crippen LogP contribution is -2.23. The lowest BCUT2D eigenvalue weighted by atomic mass is 10.1. The number of hydrogen-bond acceptors (Lipinski definition) is 4. The van der Waals surface area contributed by atoms with Gasteiger partial charge in [0, 0.05) is 18.3 Å². The van der Waals surface area contributed by atoms with Gasteiger partial charge in [-0.3, -0.25) is 14.3 Å². The molecule has 3 rings (SSSR count). The molecule has 1 aliphatic heterocycles. The van der Waals surface area contributed by atoms with Crippen LogP contribution in [-0.4, -0.2) is 26.6 Å². The highest BCUT2D eigenvalue weighted by atomic mass is 16.2. The van der Waals surface area contributed by atoms with Crippen LogP contribution in [-0.2, 0) is 24.8 Å². The van der Waals surface area contributed by atoms with Gasteiger partial charge < -0.3 is 10.6 Å². The molecule has 0 aliphatic carbocycles. The number of carbonyl (C=O) groups excluding carboxylic acids is 2. The molecule has 0 unspecified atom stereocenters. The first-order chi connectivity index (χ1) is 9.61. The van der Waals surface area contributed by atoms with Gasteiger partial charge in [0.15, 0.2) is 5.82 Å². The van der Waals surface area contributed by atoms with Crippen molar-refractivity contribution in [1.29, 1.82) is 0 Å². The Morgan fingerprint density at radius 3 is 3.10 bits per heavy atom. The van der Waals surface area contributed by atoms with Crippen LogP contribution in [0, 0.1) is 0 Å². The maximum absolute atomic E-state index is 12.0. The molecule has 102 valence electrons. The van der Waals surface area contributed by atoms with Gasteiger partial charge >= 0.3 is 0 Å². The Bertz CT molecular complexity index is 692. The molecule has 1 aliphatic rings.